The third kappa shape index (κ3) is 2.27. The second kappa shape index (κ2) is 3.94. The Morgan fingerprint density at radius 1 is 1.62 bits per heavy atom. The van der Waals surface area contributed by atoms with Gasteiger partial charge in [0.25, 0.3) is 0 Å². The summed E-state index contributed by atoms with van der Waals surface area (Å²) < 4.78 is 6.44. The number of rotatable bonds is 4. The van der Waals surface area contributed by atoms with Crippen LogP contribution in [-0.4, -0.2) is 28.4 Å². The summed E-state index contributed by atoms with van der Waals surface area (Å²) >= 11 is 0. The average molecular weight is 223 g/mol. The molecule has 0 atom stereocenters. The van der Waals surface area contributed by atoms with Gasteiger partial charge in [-0.3, -0.25) is 0 Å². The van der Waals surface area contributed by atoms with Gasteiger partial charge in [0.05, 0.1) is 12.7 Å². The molecule has 1 heterocycles. The Balaban J connectivity index is 2.02. The highest BCUT2D eigenvalue weighted by Crippen LogP contribution is 2.39. The van der Waals surface area contributed by atoms with E-state index in [0.717, 1.165) is 31.2 Å². The predicted molar refractivity (Wildman–Crippen MR) is 59.3 cm³/mol. The minimum absolute atomic E-state index is 0.320. The maximum atomic E-state index is 11.4. The first-order valence-electron chi connectivity index (χ1n) is 5.50. The van der Waals surface area contributed by atoms with Gasteiger partial charge in [-0.15, -0.1) is 0 Å². The molecule has 1 aromatic rings. The van der Waals surface area contributed by atoms with Crippen LogP contribution in [0.15, 0.2) is 12.3 Å². The minimum atomic E-state index is -0.429. The molecule has 88 valence electrons. The number of aryl methyl sites for hydroxylation is 2. The summed E-state index contributed by atoms with van der Waals surface area (Å²) in [6.45, 7) is 0. The second-order valence-electron chi connectivity index (χ2n) is 4.56. The number of aliphatic hydroxyl groups is 1. The molecule has 0 spiro atoms. The van der Waals surface area contributed by atoms with Crippen LogP contribution in [0.2, 0.25) is 0 Å². The molecule has 1 fully saturated rings. The topological polar surface area (TPSA) is 51.5 Å². The summed E-state index contributed by atoms with van der Waals surface area (Å²) in [6, 6.07) is 1.83. The Morgan fingerprint density at radius 3 is 2.88 bits per heavy atom. The van der Waals surface area contributed by atoms with Gasteiger partial charge in [0.2, 0.25) is 0 Å². The summed E-state index contributed by atoms with van der Waals surface area (Å²) in [5, 5.41) is 9.72. The first kappa shape index (κ1) is 11.2. The fourth-order valence-electron chi connectivity index (χ4n) is 1.85. The van der Waals surface area contributed by atoms with E-state index in [-0.39, 0.29) is 5.97 Å². The van der Waals surface area contributed by atoms with Crippen molar-refractivity contribution in [3.63, 3.8) is 0 Å². The standard InChI is InChI=1S/C12H17NO3/c1-13-8-9(3-4-12(15)5-6-12)7-10(13)11(14)16-2/h7-8,15H,3-6H2,1-2H3. The van der Waals surface area contributed by atoms with Gasteiger partial charge in [-0.2, -0.15) is 0 Å². The number of carbonyl (C=O) groups excluding carboxylic acids is 1. The van der Waals surface area contributed by atoms with Crippen LogP contribution in [0.4, 0.5) is 0 Å². The third-order valence-corrected chi connectivity index (χ3v) is 3.16. The first-order valence-corrected chi connectivity index (χ1v) is 5.50. The Morgan fingerprint density at radius 2 is 2.31 bits per heavy atom. The smallest absolute Gasteiger partial charge is 0.354 e. The highest BCUT2D eigenvalue weighted by molar-refractivity contribution is 5.87. The number of hydrogen-bond donors (Lipinski definition) is 1. The van der Waals surface area contributed by atoms with Crippen molar-refractivity contribution in [2.75, 3.05) is 7.11 Å². The van der Waals surface area contributed by atoms with Gasteiger partial charge in [-0.25, -0.2) is 4.79 Å². The van der Waals surface area contributed by atoms with Gasteiger partial charge in [0.15, 0.2) is 0 Å². The van der Waals surface area contributed by atoms with Crippen molar-refractivity contribution in [2.24, 2.45) is 7.05 Å². The van der Waals surface area contributed by atoms with Crippen molar-refractivity contribution in [1.29, 1.82) is 0 Å². The molecule has 0 aliphatic heterocycles. The average Bonchev–Trinajstić information content (AvgIpc) is 2.87. The van der Waals surface area contributed by atoms with Crippen LogP contribution < -0.4 is 0 Å². The van der Waals surface area contributed by atoms with E-state index in [0.29, 0.717) is 5.69 Å². The highest BCUT2D eigenvalue weighted by Gasteiger charge is 2.39. The summed E-state index contributed by atoms with van der Waals surface area (Å²) in [4.78, 5) is 11.4. The normalized spacial score (nSPS) is 17.2. The first-order chi connectivity index (χ1) is 7.54. The molecule has 0 saturated heterocycles. The number of aromatic nitrogens is 1. The van der Waals surface area contributed by atoms with Crippen LogP contribution in [0.3, 0.4) is 0 Å². The van der Waals surface area contributed by atoms with Crippen LogP contribution >= 0.6 is 0 Å². The van der Waals surface area contributed by atoms with E-state index in [4.69, 9.17) is 0 Å². The fourth-order valence-corrected chi connectivity index (χ4v) is 1.85. The molecular formula is C12H17NO3. The molecule has 1 aliphatic rings. The number of ether oxygens (including phenoxy) is 1. The molecular weight excluding hydrogens is 206 g/mol. The van der Waals surface area contributed by atoms with Crippen LogP contribution in [-0.2, 0) is 18.2 Å². The van der Waals surface area contributed by atoms with E-state index in [1.165, 1.54) is 7.11 Å². The van der Waals surface area contributed by atoms with E-state index in [2.05, 4.69) is 4.74 Å². The molecule has 1 saturated carbocycles. The van der Waals surface area contributed by atoms with Gasteiger partial charge in [-0.05, 0) is 37.3 Å². The van der Waals surface area contributed by atoms with Gasteiger partial charge in [0.1, 0.15) is 5.69 Å². The zero-order chi connectivity index (χ0) is 11.8. The Kier molecular flexibility index (Phi) is 2.76. The third-order valence-electron chi connectivity index (χ3n) is 3.16. The van der Waals surface area contributed by atoms with Gasteiger partial charge in [-0.1, -0.05) is 0 Å². The fraction of sp³-hybridized carbons (Fsp3) is 0.583. The lowest BCUT2D eigenvalue weighted by Crippen LogP contribution is -2.07. The zero-order valence-electron chi connectivity index (χ0n) is 9.69. The van der Waals surface area contributed by atoms with Crippen molar-refractivity contribution in [3.05, 3.63) is 23.5 Å². The quantitative estimate of drug-likeness (QED) is 0.782. The number of methoxy groups -OCH3 is 1. The van der Waals surface area contributed by atoms with Crippen LogP contribution in [0.1, 0.15) is 35.3 Å². The molecule has 1 aromatic heterocycles. The van der Waals surface area contributed by atoms with Crippen molar-refractivity contribution in [3.8, 4) is 0 Å². The second-order valence-corrected chi connectivity index (χ2v) is 4.56. The van der Waals surface area contributed by atoms with E-state index in [1.54, 1.807) is 4.57 Å². The van der Waals surface area contributed by atoms with Gasteiger partial charge < -0.3 is 14.4 Å². The summed E-state index contributed by atoms with van der Waals surface area (Å²) in [5.41, 5.74) is 1.20. The van der Waals surface area contributed by atoms with E-state index in [9.17, 15) is 9.90 Å². The summed E-state index contributed by atoms with van der Waals surface area (Å²) in [5.74, 6) is -0.320. The summed E-state index contributed by atoms with van der Waals surface area (Å²) in [7, 11) is 3.20. The van der Waals surface area contributed by atoms with Crippen molar-refractivity contribution in [2.45, 2.75) is 31.3 Å². The Labute approximate surface area is 94.8 Å². The maximum absolute atomic E-state index is 11.4. The monoisotopic (exact) mass is 223 g/mol. The lowest BCUT2D eigenvalue weighted by Gasteiger charge is -2.04. The molecule has 4 nitrogen and oxygen atoms in total. The van der Waals surface area contributed by atoms with E-state index in [1.807, 2.05) is 19.3 Å². The molecule has 0 amide bonds. The largest absolute Gasteiger partial charge is 0.464 e. The molecule has 4 heteroatoms. The number of nitrogens with zero attached hydrogens (tertiary/aromatic N) is 1. The van der Waals surface area contributed by atoms with Gasteiger partial charge >= 0.3 is 5.97 Å². The number of hydrogen-bond acceptors (Lipinski definition) is 3. The summed E-state index contributed by atoms with van der Waals surface area (Å²) in [6.07, 6.45) is 5.31. The molecule has 0 radical (unpaired) electrons. The van der Waals surface area contributed by atoms with E-state index >= 15 is 0 Å². The SMILES string of the molecule is COC(=O)c1cc(CCC2(O)CC2)cn1C. The van der Waals surface area contributed by atoms with Crippen molar-refractivity contribution in [1.82, 2.24) is 4.57 Å². The Bertz CT molecular complexity index is 404. The molecule has 0 unspecified atom stereocenters. The van der Waals surface area contributed by atoms with E-state index < -0.39 is 5.60 Å². The number of carbonyl (C=O) groups is 1. The van der Waals surface area contributed by atoms with Crippen LogP contribution in [0.5, 0.6) is 0 Å². The highest BCUT2D eigenvalue weighted by atomic mass is 16.5. The van der Waals surface area contributed by atoms with Crippen LogP contribution in [0.25, 0.3) is 0 Å². The van der Waals surface area contributed by atoms with Crippen molar-refractivity contribution >= 4 is 5.97 Å². The minimum Gasteiger partial charge on any atom is -0.464 e. The van der Waals surface area contributed by atoms with Crippen LogP contribution in [0, 0.1) is 0 Å². The molecule has 0 aromatic carbocycles. The zero-order valence-corrected chi connectivity index (χ0v) is 9.69. The molecule has 1 N–H and O–H groups in total. The lowest BCUT2D eigenvalue weighted by atomic mass is 10.1. The predicted octanol–water partition coefficient (Wildman–Crippen LogP) is 1.27. The molecule has 2 rings (SSSR count). The maximum Gasteiger partial charge on any atom is 0.354 e. The molecule has 16 heavy (non-hydrogen) atoms. The lowest BCUT2D eigenvalue weighted by molar-refractivity contribution is 0.0590. The molecule has 0 bridgehead atoms. The Hall–Kier alpha value is -1.29. The number of esters is 1. The molecule has 1 aliphatic carbocycles. The van der Waals surface area contributed by atoms with Crippen molar-refractivity contribution < 1.29 is 14.6 Å². The van der Waals surface area contributed by atoms with Gasteiger partial charge in [0, 0.05) is 13.2 Å².